The lowest BCUT2D eigenvalue weighted by atomic mass is 10.0. The summed E-state index contributed by atoms with van der Waals surface area (Å²) in [6.07, 6.45) is 1.29. The fourth-order valence-electron chi connectivity index (χ4n) is 3.17. The zero-order chi connectivity index (χ0) is 18.7. The summed E-state index contributed by atoms with van der Waals surface area (Å²) in [7, 11) is 0. The van der Waals surface area contributed by atoms with E-state index in [-0.39, 0.29) is 36.1 Å². The van der Waals surface area contributed by atoms with E-state index in [1.807, 2.05) is 13.0 Å². The predicted molar refractivity (Wildman–Crippen MR) is 97.5 cm³/mol. The molecule has 2 N–H and O–H groups in total. The third-order valence-electron chi connectivity index (χ3n) is 4.62. The van der Waals surface area contributed by atoms with Gasteiger partial charge in [0.25, 0.3) is 5.91 Å². The Balaban J connectivity index is 1.82. The summed E-state index contributed by atoms with van der Waals surface area (Å²) in [5, 5.41) is 11.7. The molecule has 0 bridgehead atoms. The number of benzene rings is 1. The van der Waals surface area contributed by atoms with Crippen molar-refractivity contribution < 1.29 is 24.2 Å². The number of thioether (sulfide) groups is 1. The molecule has 3 rings (SSSR count). The lowest BCUT2D eigenvalue weighted by Crippen LogP contribution is -2.44. The van der Waals surface area contributed by atoms with Crippen LogP contribution in [-0.4, -0.2) is 58.8 Å². The predicted octanol–water partition coefficient (Wildman–Crippen LogP) is 2.22. The number of carboxylic acids is 1. The lowest BCUT2D eigenvalue weighted by Gasteiger charge is -2.34. The Labute approximate surface area is 156 Å². The first-order chi connectivity index (χ1) is 12.5. The van der Waals surface area contributed by atoms with Crippen molar-refractivity contribution in [2.24, 2.45) is 0 Å². The van der Waals surface area contributed by atoms with Gasteiger partial charge in [0.1, 0.15) is 0 Å². The highest BCUT2D eigenvalue weighted by Gasteiger charge is 2.29. The van der Waals surface area contributed by atoms with E-state index in [9.17, 15) is 14.4 Å². The minimum absolute atomic E-state index is 0.0318. The molecule has 7 nitrogen and oxygen atoms in total. The van der Waals surface area contributed by atoms with Crippen LogP contribution in [0, 0.1) is 0 Å². The van der Waals surface area contributed by atoms with Crippen LogP contribution in [0.25, 0.3) is 0 Å². The Morgan fingerprint density at radius 3 is 2.77 bits per heavy atom. The molecule has 1 aromatic carbocycles. The van der Waals surface area contributed by atoms with Gasteiger partial charge in [0.05, 0.1) is 17.4 Å². The maximum atomic E-state index is 13.1. The van der Waals surface area contributed by atoms with Gasteiger partial charge in [0.2, 0.25) is 5.91 Å². The van der Waals surface area contributed by atoms with Crippen molar-refractivity contribution in [3.05, 3.63) is 23.8 Å². The Morgan fingerprint density at radius 2 is 2.08 bits per heavy atom. The minimum atomic E-state index is -0.932. The summed E-state index contributed by atoms with van der Waals surface area (Å²) < 4.78 is 5.35. The third kappa shape index (κ3) is 4.19. The van der Waals surface area contributed by atoms with Gasteiger partial charge in [-0.3, -0.25) is 14.4 Å². The molecule has 1 saturated heterocycles. The summed E-state index contributed by atoms with van der Waals surface area (Å²) in [6, 6.07) is 5.23. The zero-order valence-corrected chi connectivity index (χ0v) is 15.4. The number of hydrogen-bond acceptors (Lipinski definition) is 5. The number of anilines is 1. The zero-order valence-electron chi connectivity index (χ0n) is 14.6. The number of fused-ring (bicyclic) bond motifs is 1. The summed E-state index contributed by atoms with van der Waals surface area (Å²) in [5.74, 6) is -1.23. The van der Waals surface area contributed by atoms with Gasteiger partial charge >= 0.3 is 5.97 Å². The second-order valence-corrected chi connectivity index (χ2v) is 7.83. The number of rotatable bonds is 5. The number of nitrogens with one attached hydrogen (secondary N) is 1. The van der Waals surface area contributed by atoms with E-state index in [1.165, 1.54) is 11.8 Å². The monoisotopic (exact) mass is 378 g/mol. The molecular weight excluding hydrogens is 356 g/mol. The van der Waals surface area contributed by atoms with Gasteiger partial charge in [-0.2, -0.15) is 0 Å². The molecule has 0 spiro atoms. The quantitative estimate of drug-likeness (QED) is 0.816. The molecular formula is C18H22N2O5S. The minimum Gasteiger partial charge on any atom is -0.481 e. The second kappa shape index (κ2) is 8.09. The average Bonchev–Trinajstić information content (AvgIpc) is 2.63. The topological polar surface area (TPSA) is 95.9 Å². The number of aliphatic carboxylic acids is 1. The van der Waals surface area contributed by atoms with Crippen LogP contribution in [0.3, 0.4) is 0 Å². The molecule has 1 aromatic rings. The number of carbonyl (C=O) groups is 3. The molecule has 26 heavy (non-hydrogen) atoms. The first-order valence-corrected chi connectivity index (χ1v) is 9.55. The molecule has 2 aliphatic rings. The summed E-state index contributed by atoms with van der Waals surface area (Å²) in [4.78, 5) is 38.5. The number of nitrogens with zero attached hydrogens (tertiary/aromatic N) is 1. The molecule has 1 atom stereocenters. The van der Waals surface area contributed by atoms with Crippen molar-refractivity contribution in [1.82, 2.24) is 4.90 Å². The molecule has 0 radical (unpaired) electrons. The molecule has 0 aromatic heterocycles. The van der Waals surface area contributed by atoms with E-state index in [0.29, 0.717) is 37.3 Å². The Kier molecular flexibility index (Phi) is 5.83. The number of hydrogen-bond donors (Lipinski definition) is 2. The summed E-state index contributed by atoms with van der Waals surface area (Å²) in [5.41, 5.74) is 1.09. The van der Waals surface area contributed by atoms with E-state index in [2.05, 4.69) is 5.32 Å². The van der Waals surface area contributed by atoms with Crippen molar-refractivity contribution >= 4 is 35.2 Å². The van der Waals surface area contributed by atoms with Crippen LogP contribution in [0.2, 0.25) is 0 Å². The number of ether oxygens (including phenoxy) is 1. The molecule has 0 saturated carbocycles. The van der Waals surface area contributed by atoms with E-state index in [0.717, 1.165) is 4.90 Å². The van der Waals surface area contributed by atoms with Crippen molar-refractivity contribution in [3.63, 3.8) is 0 Å². The largest absolute Gasteiger partial charge is 0.481 e. The van der Waals surface area contributed by atoms with Crippen LogP contribution in [0.1, 0.15) is 36.5 Å². The average molecular weight is 378 g/mol. The van der Waals surface area contributed by atoms with Crippen LogP contribution >= 0.6 is 11.8 Å². The van der Waals surface area contributed by atoms with Gasteiger partial charge < -0.3 is 20.1 Å². The van der Waals surface area contributed by atoms with E-state index in [1.54, 1.807) is 17.0 Å². The van der Waals surface area contributed by atoms with Crippen molar-refractivity contribution in [2.75, 3.05) is 25.1 Å². The van der Waals surface area contributed by atoms with Gasteiger partial charge in [-0.1, -0.05) is 0 Å². The highest BCUT2D eigenvalue weighted by atomic mass is 32.2. The van der Waals surface area contributed by atoms with Crippen molar-refractivity contribution in [1.29, 1.82) is 0 Å². The van der Waals surface area contributed by atoms with Gasteiger partial charge in [-0.25, -0.2) is 0 Å². The lowest BCUT2D eigenvalue weighted by molar-refractivity contribution is -0.137. The second-order valence-electron chi connectivity index (χ2n) is 6.45. The number of amides is 2. The van der Waals surface area contributed by atoms with Crippen LogP contribution in [0.5, 0.6) is 0 Å². The van der Waals surface area contributed by atoms with E-state index >= 15 is 0 Å². The van der Waals surface area contributed by atoms with Crippen molar-refractivity contribution in [3.8, 4) is 0 Å². The molecule has 2 heterocycles. The van der Waals surface area contributed by atoms with Gasteiger partial charge in [0.15, 0.2) is 0 Å². The van der Waals surface area contributed by atoms with Gasteiger partial charge in [0, 0.05) is 36.3 Å². The molecule has 2 aliphatic heterocycles. The van der Waals surface area contributed by atoms with E-state index in [4.69, 9.17) is 9.84 Å². The normalized spacial score (nSPS) is 20.2. The molecule has 2 amide bonds. The summed E-state index contributed by atoms with van der Waals surface area (Å²) >= 11 is 1.46. The molecule has 140 valence electrons. The van der Waals surface area contributed by atoms with Gasteiger partial charge in [-0.15, -0.1) is 11.8 Å². The van der Waals surface area contributed by atoms with Crippen molar-refractivity contribution in [2.45, 2.75) is 42.4 Å². The van der Waals surface area contributed by atoms with Gasteiger partial charge in [-0.05, 0) is 38.0 Å². The van der Waals surface area contributed by atoms with Crippen LogP contribution in [0.15, 0.2) is 23.1 Å². The highest BCUT2D eigenvalue weighted by Crippen LogP contribution is 2.36. The highest BCUT2D eigenvalue weighted by molar-refractivity contribution is 8.00. The molecule has 8 heteroatoms. The fourth-order valence-corrected chi connectivity index (χ4v) is 4.10. The summed E-state index contributed by atoms with van der Waals surface area (Å²) in [6.45, 7) is 3.13. The molecule has 0 unspecified atom stereocenters. The first-order valence-electron chi connectivity index (χ1n) is 8.68. The maximum Gasteiger partial charge on any atom is 0.305 e. The maximum absolute atomic E-state index is 13.1. The van der Waals surface area contributed by atoms with Crippen LogP contribution in [-0.2, 0) is 14.3 Å². The van der Waals surface area contributed by atoms with Crippen LogP contribution in [0.4, 0.5) is 5.69 Å². The first kappa shape index (κ1) is 18.7. The standard InChI is InChI=1S/C18H22N2O5S/c1-11-17(23)19-14-10-12(2-3-15(14)26-11)18(24)20(7-4-16(21)22)13-5-8-25-9-6-13/h2-3,10-11,13H,4-9H2,1H3,(H,19,23)(H,21,22)/t11-/m0/s1. The Morgan fingerprint density at radius 1 is 1.35 bits per heavy atom. The number of carboxylic acid groups (broad SMARTS) is 1. The smallest absolute Gasteiger partial charge is 0.305 e. The third-order valence-corrected chi connectivity index (χ3v) is 5.79. The SMILES string of the molecule is C[C@@H]1Sc2ccc(C(=O)N(CCC(=O)O)C3CCOCC3)cc2NC1=O. The fraction of sp³-hybridized carbons (Fsp3) is 0.500. The Bertz CT molecular complexity index is 718. The Hall–Kier alpha value is -2.06. The van der Waals surface area contributed by atoms with E-state index < -0.39 is 5.97 Å². The van der Waals surface area contributed by atoms with Crippen LogP contribution < -0.4 is 5.32 Å². The molecule has 1 fully saturated rings. The number of carbonyl (C=O) groups excluding carboxylic acids is 2. The molecule has 0 aliphatic carbocycles.